The molecule has 1 rings (SSSR count). The third-order valence-electron chi connectivity index (χ3n) is 2.86. The molecule has 0 amide bonds. The Bertz CT molecular complexity index is 386. The van der Waals surface area contributed by atoms with Crippen LogP contribution < -0.4 is 5.32 Å². The normalized spacial score (nSPS) is 12.2. The number of hydrogen-bond donors (Lipinski definition) is 1. The molecule has 0 saturated carbocycles. The van der Waals surface area contributed by atoms with E-state index in [1.165, 1.54) is 0 Å². The van der Waals surface area contributed by atoms with E-state index < -0.39 is 0 Å². The highest BCUT2D eigenvalue weighted by Crippen LogP contribution is 2.30. The van der Waals surface area contributed by atoms with Gasteiger partial charge >= 0.3 is 0 Å². The van der Waals surface area contributed by atoms with Gasteiger partial charge < -0.3 is 5.32 Å². The van der Waals surface area contributed by atoms with E-state index in [9.17, 15) is 0 Å². The molecule has 0 radical (unpaired) electrons. The average molecular weight is 288 g/mol. The molecule has 0 heterocycles. The smallest absolute Gasteiger partial charge is 0.0624 e. The molecule has 18 heavy (non-hydrogen) atoms. The summed E-state index contributed by atoms with van der Waals surface area (Å²) in [6.45, 7) is 11.0. The molecule has 3 heteroatoms. The van der Waals surface area contributed by atoms with Gasteiger partial charge in [0.2, 0.25) is 0 Å². The summed E-state index contributed by atoms with van der Waals surface area (Å²) in [5, 5.41) is 4.83. The fourth-order valence-electron chi connectivity index (χ4n) is 1.96. The minimum absolute atomic E-state index is 0.170. The standard InChI is InChI=1S/C15H23Cl2N/c1-11(2)9-18-10-15(3,4)8-12-6-5-7-13(16)14(12)17/h5-7,11,18H,8-10H2,1-4H3. The summed E-state index contributed by atoms with van der Waals surface area (Å²) in [6.07, 6.45) is 0.928. The van der Waals surface area contributed by atoms with Crippen molar-refractivity contribution < 1.29 is 0 Å². The number of hydrogen-bond acceptors (Lipinski definition) is 1. The van der Waals surface area contributed by atoms with E-state index in [0.717, 1.165) is 25.1 Å². The van der Waals surface area contributed by atoms with E-state index in [1.807, 2.05) is 12.1 Å². The quantitative estimate of drug-likeness (QED) is 0.792. The lowest BCUT2D eigenvalue weighted by Gasteiger charge is -2.26. The van der Waals surface area contributed by atoms with Crippen LogP contribution in [0.15, 0.2) is 18.2 Å². The number of rotatable bonds is 6. The highest BCUT2D eigenvalue weighted by molar-refractivity contribution is 6.42. The second-order valence-corrected chi connectivity index (χ2v) is 6.86. The van der Waals surface area contributed by atoms with Crippen LogP contribution in [0.25, 0.3) is 0 Å². The summed E-state index contributed by atoms with van der Waals surface area (Å²) >= 11 is 12.3. The van der Waals surface area contributed by atoms with Gasteiger partial charge in [0.25, 0.3) is 0 Å². The van der Waals surface area contributed by atoms with Crippen LogP contribution in [0.5, 0.6) is 0 Å². The van der Waals surface area contributed by atoms with Crippen LogP contribution in [-0.4, -0.2) is 13.1 Å². The lowest BCUT2D eigenvalue weighted by atomic mass is 9.85. The van der Waals surface area contributed by atoms with Gasteiger partial charge in [-0.2, -0.15) is 0 Å². The Kier molecular flexibility index (Phi) is 5.97. The van der Waals surface area contributed by atoms with Crippen molar-refractivity contribution in [3.63, 3.8) is 0 Å². The van der Waals surface area contributed by atoms with Gasteiger partial charge in [0.05, 0.1) is 10.0 Å². The highest BCUT2D eigenvalue weighted by atomic mass is 35.5. The van der Waals surface area contributed by atoms with Crippen molar-refractivity contribution in [1.29, 1.82) is 0 Å². The van der Waals surface area contributed by atoms with Crippen LogP contribution in [0.1, 0.15) is 33.3 Å². The van der Waals surface area contributed by atoms with Crippen molar-refractivity contribution in [3.8, 4) is 0 Å². The summed E-state index contributed by atoms with van der Waals surface area (Å²) in [5.74, 6) is 0.676. The van der Waals surface area contributed by atoms with Crippen LogP contribution >= 0.6 is 23.2 Å². The minimum Gasteiger partial charge on any atom is -0.316 e. The minimum atomic E-state index is 0.170. The van der Waals surface area contributed by atoms with Gasteiger partial charge in [-0.1, -0.05) is 63.0 Å². The zero-order chi connectivity index (χ0) is 13.8. The van der Waals surface area contributed by atoms with Crippen molar-refractivity contribution in [1.82, 2.24) is 5.32 Å². The molecule has 102 valence electrons. The van der Waals surface area contributed by atoms with Crippen molar-refractivity contribution in [3.05, 3.63) is 33.8 Å². The van der Waals surface area contributed by atoms with Crippen molar-refractivity contribution >= 4 is 23.2 Å². The second kappa shape index (κ2) is 6.79. The lowest BCUT2D eigenvalue weighted by molar-refractivity contribution is 0.330. The average Bonchev–Trinajstić information content (AvgIpc) is 2.23. The molecular weight excluding hydrogens is 265 g/mol. The first-order valence-corrected chi connectivity index (χ1v) is 7.21. The van der Waals surface area contributed by atoms with E-state index >= 15 is 0 Å². The molecule has 0 bridgehead atoms. The Morgan fingerprint density at radius 3 is 2.50 bits per heavy atom. The summed E-state index contributed by atoms with van der Waals surface area (Å²) in [7, 11) is 0. The van der Waals surface area contributed by atoms with Crippen molar-refractivity contribution in [2.45, 2.75) is 34.1 Å². The summed E-state index contributed by atoms with van der Waals surface area (Å²) < 4.78 is 0. The van der Waals surface area contributed by atoms with Gasteiger partial charge in [-0.3, -0.25) is 0 Å². The van der Waals surface area contributed by atoms with Gasteiger partial charge in [0.15, 0.2) is 0 Å². The second-order valence-electron chi connectivity index (χ2n) is 6.08. The van der Waals surface area contributed by atoms with Crippen LogP contribution in [0, 0.1) is 11.3 Å². The van der Waals surface area contributed by atoms with Crippen LogP contribution in [0.4, 0.5) is 0 Å². The Labute approximate surface area is 121 Å². The summed E-state index contributed by atoms with van der Waals surface area (Å²) in [5.41, 5.74) is 1.30. The van der Waals surface area contributed by atoms with E-state index in [2.05, 4.69) is 39.1 Å². The van der Waals surface area contributed by atoms with E-state index in [4.69, 9.17) is 23.2 Å². The molecule has 0 fully saturated rings. The number of benzene rings is 1. The molecule has 0 spiro atoms. The van der Waals surface area contributed by atoms with Gasteiger partial charge in [0.1, 0.15) is 0 Å². The maximum Gasteiger partial charge on any atom is 0.0624 e. The molecule has 1 aromatic rings. The number of halogens is 2. The predicted octanol–water partition coefficient (Wildman–Crippen LogP) is 4.81. The fraction of sp³-hybridized carbons (Fsp3) is 0.600. The van der Waals surface area contributed by atoms with Crippen LogP contribution in [-0.2, 0) is 6.42 Å². The topological polar surface area (TPSA) is 12.0 Å². The van der Waals surface area contributed by atoms with E-state index in [-0.39, 0.29) is 5.41 Å². The van der Waals surface area contributed by atoms with Gasteiger partial charge in [-0.05, 0) is 35.9 Å². The SMILES string of the molecule is CC(C)CNCC(C)(C)Cc1cccc(Cl)c1Cl. The molecule has 1 aromatic carbocycles. The third-order valence-corrected chi connectivity index (χ3v) is 3.71. The van der Waals surface area contributed by atoms with Crippen LogP contribution in [0.2, 0.25) is 10.0 Å². The molecule has 0 saturated heterocycles. The Hall–Kier alpha value is -0.240. The van der Waals surface area contributed by atoms with Crippen molar-refractivity contribution in [2.75, 3.05) is 13.1 Å². The monoisotopic (exact) mass is 287 g/mol. The fourth-order valence-corrected chi connectivity index (χ4v) is 2.35. The highest BCUT2D eigenvalue weighted by Gasteiger charge is 2.20. The third kappa shape index (κ3) is 5.17. The largest absolute Gasteiger partial charge is 0.316 e. The molecule has 0 aliphatic heterocycles. The molecule has 0 aliphatic rings. The first-order chi connectivity index (χ1) is 8.32. The van der Waals surface area contributed by atoms with Crippen LogP contribution in [0.3, 0.4) is 0 Å². The van der Waals surface area contributed by atoms with Gasteiger partial charge in [-0.25, -0.2) is 0 Å². The van der Waals surface area contributed by atoms with E-state index in [1.54, 1.807) is 0 Å². The molecule has 0 aliphatic carbocycles. The molecule has 0 aromatic heterocycles. The zero-order valence-electron chi connectivity index (χ0n) is 11.7. The van der Waals surface area contributed by atoms with Gasteiger partial charge in [0, 0.05) is 6.54 Å². The molecule has 0 atom stereocenters. The summed E-state index contributed by atoms with van der Waals surface area (Å²) in [4.78, 5) is 0. The lowest BCUT2D eigenvalue weighted by Crippen LogP contribution is -2.33. The van der Waals surface area contributed by atoms with Crippen molar-refractivity contribution in [2.24, 2.45) is 11.3 Å². The molecule has 1 N–H and O–H groups in total. The maximum absolute atomic E-state index is 6.23. The Morgan fingerprint density at radius 1 is 1.22 bits per heavy atom. The Balaban J connectivity index is 2.61. The molecule has 1 nitrogen and oxygen atoms in total. The Morgan fingerprint density at radius 2 is 1.89 bits per heavy atom. The first-order valence-electron chi connectivity index (χ1n) is 6.45. The zero-order valence-corrected chi connectivity index (χ0v) is 13.2. The predicted molar refractivity (Wildman–Crippen MR) is 81.7 cm³/mol. The summed E-state index contributed by atoms with van der Waals surface area (Å²) in [6, 6.07) is 5.84. The molecular formula is C15H23Cl2N. The maximum atomic E-state index is 6.23. The van der Waals surface area contributed by atoms with E-state index in [0.29, 0.717) is 16.0 Å². The molecule has 0 unspecified atom stereocenters. The van der Waals surface area contributed by atoms with Gasteiger partial charge in [-0.15, -0.1) is 0 Å². The number of nitrogens with one attached hydrogen (secondary N) is 1. The first kappa shape index (κ1) is 15.8.